The fraction of sp³-hybridized carbons (Fsp3) is 0.111. The summed E-state index contributed by atoms with van der Waals surface area (Å²) >= 11 is 0. The third kappa shape index (κ3) is 2.41. The van der Waals surface area contributed by atoms with Gasteiger partial charge in [0.15, 0.2) is 0 Å². The molecule has 0 saturated heterocycles. The number of fused-ring (bicyclic) bond motifs is 1. The van der Waals surface area contributed by atoms with Crippen LogP contribution in [0.5, 0.6) is 0 Å². The van der Waals surface area contributed by atoms with Gasteiger partial charge in [-0.25, -0.2) is 8.78 Å². The van der Waals surface area contributed by atoms with Crippen molar-refractivity contribution >= 4 is 10.8 Å². The summed E-state index contributed by atoms with van der Waals surface area (Å²) in [7, 11) is 0. The molecule has 0 aliphatic rings. The maximum Gasteiger partial charge on any atom is 0.126 e. The molecule has 3 rings (SSSR count). The lowest BCUT2D eigenvalue weighted by atomic mass is 9.85. The van der Waals surface area contributed by atoms with Crippen molar-refractivity contribution in [2.75, 3.05) is 0 Å². The van der Waals surface area contributed by atoms with E-state index in [2.05, 4.69) is 0 Å². The van der Waals surface area contributed by atoms with E-state index in [9.17, 15) is 13.9 Å². The van der Waals surface area contributed by atoms with Crippen molar-refractivity contribution in [2.45, 2.75) is 12.5 Å². The number of hydrogen-bond donors (Lipinski definition) is 1. The molecular weight excluding hydrogens is 270 g/mol. The molecule has 1 nitrogen and oxygen atoms in total. The first-order valence-corrected chi connectivity index (χ1v) is 6.65. The Morgan fingerprint density at radius 1 is 0.857 bits per heavy atom. The molecule has 3 heteroatoms. The van der Waals surface area contributed by atoms with Gasteiger partial charge >= 0.3 is 0 Å². The second kappa shape index (κ2) is 4.93. The highest BCUT2D eigenvalue weighted by Crippen LogP contribution is 2.34. The van der Waals surface area contributed by atoms with Crippen LogP contribution in [0.4, 0.5) is 8.78 Å². The maximum absolute atomic E-state index is 13.4. The molecule has 1 N–H and O–H groups in total. The fourth-order valence-corrected chi connectivity index (χ4v) is 2.64. The highest BCUT2D eigenvalue weighted by atomic mass is 19.1. The third-order valence-corrected chi connectivity index (χ3v) is 3.74. The molecule has 0 amide bonds. The molecule has 1 unspecified atom stereocenters. The highest BCUT2D eigenvalue weighted by Gasteiger charge is 2.28. The first kappa shape index (κ1) is 13.7. The lowest BCUT2D eigenvalue weighted by molar-refractivity contribution is 0.103. The predicted octanol–water partition coefficient (Wildman–Crippen LogP) is 4.37. The van der Waals surface area contributed by atoms with Crippen LogP contribution in [-0.4, -0.2) is 5.11 Å². The molecule has 0 bridgehead atoms. The van der Waals surface area contributed by atoms with Crippen LogP contribution < -0.4 is 0 Å². The Hall–Kier alpha value is -2.26. The summed E-state index contributed by atoms with van der Waals surface area (Å²) in [6.07, 6.45) is 0. The van der Waals surface area contributed by atoms with Crippen molar-refractivity contribution in [3.8, 4) is 0 Å². The minimum atomic E-state index is -1.48. The van der Waals surface area contributed by atoms with E-state index in [0.29, 0.717) is 5.56 Å². The van der Waals surface area contributed by atoms with E-state index >= 15 is 0 Å². The minimum Gasteiger partial charge on any atom is -0.381 e. The van der Waals surface area contributed by atoms with E-state index in [1.807, 2.05) is 36.4 Å². The van der Waals surface area contributed by atoms with Gasteiger partial charge in [0, 0.05) is 6.07 Å². The molecule has 0 aliphatic carbocycles. The van der Waals surface area contributed by atoms with Gasteiger partial charge in [0.2, 0.25) is 0 Å². The van der Waals surface area contributed by atoms with Gasteiger partial charge in [-0.2, -0.15) is 0 Å². The topological polar surface area (TPSA) is 20.2 Å². The van der Waals surface area contributed by atoms with E-state index < -0.39 is 17.2 Å². The third-order valence-electron chi connectivity index (χ3n) is 3.74. The normalized spacial score (nSPS) is 14.1. The summed E-state index contributed by atoms with van der Waals surface area (Å²) in [5, 5.41) is 12.7. The fourth-order valence-electron chi connectivity index (χ4n) is 2.64. The Labute approximate surface area is 121 Å². The van der Waals surface area contributed by atoms with Crippen LogP contribution in [-0.2, 0) is 5.60 Å². The van der Waals surface area contributed by atoms with Gasteiger partial charge < -0.3 is 5.11 Å². The summed E-state index contributed by atoms with van der Waals surface area (Å²) in [5.41, 5.74) is -0.675. The Morgan fingerprint density at radius 3 is 2.19 bits per heavy atom. The molecule has 21 heavy (non-hydrogen) atoms. The second-order valence-corrected chi connectivity index (χ2v) is 5.26. The second-order valence-electron chi connectivity index (χ2n) is 5.26. The average molecular weight is 284 g/mol. The van der Waals surface area contributed by atoms with Crippen molar-refractivity contribution < 1.29 is 13.9 Å². The SMILES string of the molecule is CC(O)(c1cc(F)cc(F)c1)c1cccc2ccccc12. The zero-order valence-electron chi connectivity index (χ0n) is 11.5. The molecule has 1 atom stereocenters. The van der Waals surface area contributed by atoms with Crippen LogP contribution in [0, 0.1) is 11.6 Å². The van der Waals surface area contributed by atoms with Gasteiger partial charge in [-0.3, -0.25) is 0 Å². The molecule has 0 fully saturated rings. The van der Waals surface area contributed by atoms with Crippen molar-refractivity contribution in [3.63, 3.8) is 0 Å². The monoisotopic (exact) mass is 284 g/mol. The van der Waals surface area contributed by atoms with Crippen molar-refractivity contribution in [3.05, 3.63) is 83.4 Å². The molecule has 0 heterocycles. The molecule has 0 saturated carbocycles. The van der Waals surface area contributed by atoms with Crippen LogP contribution in [0.2, 0.25) is 0 Å². The Kier molecular flexibility index (Phi) is 3.22. The lowest BCUT2D eigenvalue weighted by Crippen LogP contribution is -2.23. The van der Waals surface area contributed by atoms with Gasteiger partial charge in [-0.1, -0.05) is 42.5 Å². The summed E-state index contributed by atoms with van der Waals surface area (Å²) in [5.74, 6) is -1.41. The van der Waals surface area contributed by atoms with Gasteiger partial charge in [0.25, 0.3) is 0 Å². The molecule has 106 valence electrons. The quantitative estimate of drug-likeness (QED) is 0.740. The molecule has 3 aromatic carbocycles. The van der Waals surface area contributed by atoms with Crippen LogP contribution in [0.3, 0.4) is 0 Å². The number of halogens is 2. The van der Waals surface area contributed by atoms with Gasteiger partial charge in [-0.05, 0) is 41.0 Å². The largest absolute Gasteiger partial charge is 0.381 e. The lowest BCUT2D eigenvalue weighted by Gasteiger charge is -2.26. The van der Waals surface area contributed by atoms with E-state index in [-0.39, 0.29) is 5.56 Å². The van der Waals surface area contributed by atoms with Gasteiger partial charge in [-0.15, -0.1) is 0 Å². The highest BCUT2D eigenvalue weighted by molar-refractivity contribution is 5.86. The van der Waals surface area contributed by atoms with E-state index in [4.69, 9.17) is 0 Å². The summed E-state index contributed by atoms with van der Waals surface area (Å²) in [6, 6.07) is 16.2. The molecule has 3 aromatic rings. The average Bonchev–Trinajstić information content (AvgIpc) is 2.45. The first-order chi connectivity index (χ1) is 9.98. The Balaban J connectivity index is 2.24. The zero-order valence-corrected chi connectivity index (χ0v) is 11.5. The van der Waals surface area contributed by atoms with Crippen molar-refractivity contribution in [1.82, 2.24) is 0 Å². The Bertz CT molecular complexity index is 784. The smallest absolute Gasteiger partial charge is 0.126 e. The number of aliphatic hydroxyl groups is 1. The van der Waals surface area contributed by atoms with Crippen LogP contribution in [0.1, 0.15) is 18.1 Å². The molecule has 0 radical (unpaired) electrons. The van der Waals surface area contributed by atoms with E-state index in [0.717, 1.165) is 29.0 Å². The molecular formula is C18H14F2O. The number of benzene rings is 3. The van der Waals surface area contributed by atoms with Crippen LogP contribution in [0.25, 0.3) is 10.8 Å². The van der Waals surface area contributed by atoms with E-state index in [1.165, 1.54) is 0 Å². The van der Waals surface area contributed by atoms with Crippen molar-refractivity contribution in [2.24, 2.45) is 0 Å². The summed E-state index contributed by atoms with van der Waals surface area (Å²) < 4.78 is 26.9. The van der Waals surface area contributed by atoms with E-state index in [1.54, 1.807) is 13.0 Å². The molecule has 0 aromatic heterocycles. The summed E-state index contributed by atoms with van der Waals surface area (Å²) in [6.45, 7) is 1.54. The predicted molar refractivity (Wildman–Crippen MR) is 79.0 cm³/mol. The molecule has 0 spiro atoms. The van der Waals surface area contributed by atoms with Crippen LogP contribution >= 0.6 is 0 Å². The van der Waals surface area contributed by atoms with Crippen LogP contribution in [0.15, 0.2) is 60.7 Å². The number of hydrogen-bond acceptors (Lipinski definition) is 1. The maximum atomic E-state index is 13.4. The Morgan fingerprint density at radius 2 is 1.48 bits per heavy atom. The standard InChI is InChI=1S/C18H14F2O/c1-18(21,13-9-14(19)11-15(20)10-13)17-8-4-6-12-5-2-3-7-16(12)17/h2-11,21H,1H3. The number of rotatable bonds is 2. The zero-order chi connectivity index (χ0) is 15.0. The van der Waals surface area contributed by atoms with Gasteiger partial charge in [0.1, 0.15) is 17.2 Å². The van der Waals surface area contributed by atoms with Gasteiger partial charge in [0.05, 0.1) is 0 Å². The molecule has 0 aliphatic heterocycles. The minimum absolute atomic E-state index is 0.191. The first-order valence-electron chi connectivity index (χ1n) is 6.65. The summed E-state index contributed by atoms with van der Waals surface area (Å²) in [4.78, 5) is 0. The van der Waals surface area contributed by atoms with Crippen molar-refractivity contribution in [1.29, 1.82) is 0 Å².